The summed E-state index contributed by atoms with van der Waals surface area (Å²) < 4.78 is 19.2. The number of hydrogen-bond acceptors (Lipinski definition) is 4. The highest BCUT2D eigenvalue weighted by molar-refractivity contribution is 5.30. The second kappa shape index (κ2) is 6.59. The Kier molecular flexibility index (Phi) is 4.64. The van der Waals surface area contributed by atoms with Crippen molar-refractivity contribution in [3.05, 3.63) is 57.0 Å². The molecule has 0 aliphatic carbocycles. The van der Waals surface area contributed by atoms with Gasteiger partial charge in [-0.1, -0.05) is 20.8 Å². The summed E-state index contributed by atoms with van der Waals surface area (Å²) in [6, 6.07) is 4.72. The fourth-order valence-electron chi connectivity index (χ4n) is 3.01. The van der Waals surface area contributed by atoms with Crippen LogP contribution < -0.4 is 10.3 Å². The Labute approximate surface area is 146 Å². The maximum absolute atomic E-state index is 14.1. The number of ether oxygens (including phenoxy) is 1. The number of nitrogens with one attached hydrogen (secondary N) is 1. The van der Waals surface area contributed by atoms with Crippen LogP contribution in [-0.4, -0.2) is 28.5 Å². The van der Waals surface area contributed by atoms with Crippen molar-refractivity contribution in [1.82, 2.24) is 14.9 Å². The van der Waals surface area contributed by atoms with Crippen molar-refractivity contribution in [3.8, 4) is 5.75 Å². The molecule has 2 aromatic rings. The molecule has 2 heterocycles. The van der Waals surface area contributed by atoms with Crippen LogP contribution in [0.4, 0.5) is 4.39 Å². The summed E-state index contributed by atoms with van der Waals surface area (Å²) in [5.41, 5.74) is 1.82. The molecule has 0 saturated heterocycles. The van der Waals surface area contributed by atoms with E-state index >= 15 is 0 Å². The highest BCUT2D eigenvalue weighted by atomic mass is 19.1. The van der Waals surface area contributed by atoms with E-state index in [-0.39, 0.29) is 16.8 Å². The van der Waals surface area contributed by atoms with Crippen LogP contribution in [0.25, 0.3) is 0 Å². The van der Waals surface area contributed by atoms with Gasteiger partial charge in [-0.15, -0.1) is 0 Å². The quantitative estimate of drug-likeness (QED) is 0.929. The van der Waals surface area contributed by atoms with E-state index in [0.717, 1.165) is 12.2 Å². The molecule has 1 aliphatic rings. The summed E-state index contributed by atoms with van der Waals surface area (Å²) in [5, 5.41) is 0. The largest absolute Gasteiger partial charge is 0.497 e. The minimum absolute atomic E-state index is 0.0919. The highest BCUT2D eigenvalue weighted by Gasteiger charge is 2.25. The molecular formula is C19H24FN3O2. The molecule has 0 fully saturated rings. The Morgan fingerprint density at radius 2 is 2.12 bits per heavy atom. The van der Waals surface area contributed by atoms with Crippen molar-refractivity contribution in [2.24, 2.45) is 0 Å². The van der Waals surface area contributed by atoms with Crippen LogP contribution in [-0.2, 0) is 24.9 Å². The average molecular weight is 345 g/mol. The van der Waals surface area contributed by atoms with Crippen LogP contribution in [0.3, 0.4) is 0 Å². The number of methoxy groups -OCH3 is 1. The molecule has 0 amide bonds. The van der Waals surface area contributed by atoms with Gasteiger partial charge in [-0.05, 0) is 18.2 Å². The zero-order valence-electron chi connectivity index (χ0n) is 15.1. The van der Waals surface area contributed by atoms with E-state index in [1.54, 1.807) is 19.2 Å². The molecule has 25 heavy (non-hydrogen) atoms. The number of nitrogens with zero attached hydrogens (tertiary/aromatic N) is 2. The number of aromatic amines is 1. The molecule has 0 spiro atoms. The molecule has 0 saturated carbocycles. The molecule has 3 rings (SSSR count). The first-order chi connectivity index (χ1) is 11.8. The fourth-order valence-corrected chi connectivity index (χ4v) is 3.01. The Morgan fingerprint density at radius 1 is 1.36 bits per heavy atom. The van der Waals surface area contributed by atoms with E-state index in [1.165, 1.54) is 6.07 Å². The molecule has 1 aliphatic heterocycles. The summed E-state index contributed by atoms with van der Waals surface area (Å²) in [5.74, 6) is 1.08. The van der Waals surface area contributed by atoms with Gasteiger partial charge in [0.25, 0.3) is 5.56 Å². The Morgan fingerprint density at radius 3 is 2.80 bits per heavy atom. The van der Waals surface area contributed by atoms with Gasteiger partial charge in [0.05, 0.1) is 18.4 Å². The molecular weight excluding hydrogens is 321 g/mol. The first-order valence-corrected chi connectivity index (χ1v) is 8.45. The zero-order valence-corrected chi connectivity index (χ0v) is 15.1. The maximum atomic E-state index is 14.1. The van der Waals surface area contributed by atoms with Gasteiger partial charge in [0.1, 0.15) is 17.4 Å². The number of benzene rings is 1. The summed E-state index contributed by atoms with van der Waals surface area (Å²) in [4.78, 5) is 22.1. The van der Waals surface area contributed by atoms with Crippen LogP contribution in [0.2, 0.25) is 0 Å². The van der Waals surface area contributed by atoms with Crippen molar-refractivity contribution in [3.63, 3.8) is 0 Å². The number of rotatable bonds is 3. The van der Waals surface area contributed by atoms with E-state index in [9.17, 15) is 9.18 Å². The normalized spacial score (nSPS) is 15.1. The molecule has 0 unspecified atom stereocenters. The van der Waals surface area contributed by atoms with Crippen molar-refractivity contribution in [2.45, 2.75) is 45.7 Å². The Hall–Kier alpha value is -2.21. The van der Waals surface area contributed by atoms with Gasteiger partial charge in [0.15, 0.2) is 0 Å². The van der Waals surface area contributed by atoms with E-state index < -0.39 is 0 Å². The first-order valence-electron chi connectivity index (χ1n) is 8.45. The summed E-state index contributed by atoms with van der Waals surface area (Å²) >= 11 is 0. The summed E-state index contributed by atoms with van der Waals surface area (Å²) in [6.07, 6.45) is 0.688. The van der Waals surface area contributed by atoms with Gasteiger partial charge >= 0.3 is 0 Å². The van der Waals surface area contributed by atoms with E-state index in [1.807, 2.05) is 20.8 Å². The molecule has 1 aromatic carbocycles. The van der Waals surface area contributed by atoms with Gasteiger partial charge in [-0.25, -0.2) is 9.37 Å². The van der Waals surface area contributed by atoms with Crippen LogP contribution >= 0.6 is 0 Å². The van der Waals surface area contributed by atoms with Crippen LogP contribution in [0, 0.1) is 5.82 Å². The minimum Gasteiger partial charge on any atom is -0.497 e. The predicted octanol–water partition coefficient (Wildman–Crippen LogP) is 2.77. The van der Waals surface area contributed by atoms with Gasteiger partial charge < -0.3 is 9.72 Å². The topological polar surface area (TPSA) is 58.2 Å². The fraction of sp³-hybridized carbons (Fsp3) is 0.474. The first kappa shape index (κ1) is 17.6. The van der Waals surface area contributed by atoms with Crippen molar-refractivity contribution in [1.29, 1.82) is 0 Å². The highest BCUT2D eigenvalue weighted by Crippen LogP contribution is 2.23. The number of aromatic nitrogens is 2. The van der Waals surface area contributed by atoms with Crippen LogP contribution in [0.15, 0.2) is 23.0 Å². The number of H-pyrrole nitrogens is 1. The maximum Gasteiger partial charge on any atom is 0.255 e. The van der Waals surface area contributed by atoms with Crippen molar-refractivity contribution >= 4 is 0 Å². The monoisotopic (exact) mass is 345 g/mol. The van der Waals surface area contributed by atoms with Gasteiger partial charge in [-0.3, -0.25) is 9.69 Å². The Balaban J connectivity index is 1.83. The van der Waals surface area contributed by atoms with Gasteiger partial charge in [0, 0.05) is 37.0 Å². The number of fused-ring (bicyclic) bond motifs is 1. The zero-order chi connectivity index (χ0) is 18.2. The van der Waals surface area contributed by atoms with E-state index in [2.05, 4.69) is 14.9 Å². The lowest BCUT2D eigenvalue weighted by Gasteiger charge is -2.29. The van der Waals surface area contributed by atoms with Crippen molar-refractivity contribution < 1.29 is 9.13 Å². The SMILES string of the molecule is COc1ccc(F)c(CN2CCc3nc(C(C)(C)C)[nH]c(=O)c3C2)c1. The number of halogens is 1. The molecule has 5 nitrogen and oxygen atoms in total. The molecule has 6 heteroatoms. The third-order valence-electron chi connectivity index (χ3n) is 4.50. The molecule has 0 atom stereocenters. The smallest absolute Gasteiger partial charge is 0.255 e. The lowest BCUT2D eigenvalue weighted by Crippen LogP contribution is -2.37. The van der Waals surface area contributed by atoms with Gasteiger partial charge in [0.2, 0.25) is 0 Å². The number of hydrogen-bond donors (Lipinski definition) is 1. The van der Waals surface area contributed by atoms with Crippen LogP contribution in [0.1, 0.15) is 43.4 Å². The van der Waals surface area contributed by atoms with Gasteiger partial charge in [-0.2, -0.15) is 0 Å². The molecule has 0 radical (unpaired) electrons. The lowest BCUT2D eigenvalue weighted by molar-refractivity contribution is 0.237. The third kappa shape index (κ3) is 3.74. The molecule has 134 valence electrons. The summed E-state index contributed by atoms with van der Waals surface area (Å²) in [6.45, 7) is 7.72. The second-order valence-electron chi connectivity index (χ2n) is 7.51. The summed E-state index contributed by atoms with van der Waals surface area (Å²) in [7, 11) is 1.56. The third-order valence-corrected chi connectivity index (χ3v) is 4.50. The standard InChI is InChI=1S/C19H24FN3O2/c1-19(2,3)18-21-16-7-8-23(11-14(16)17(24)22-18)10-12-9-13(25-4)5-6-15(12)20/h5-6,9H,7-8,10-11H2,1-4H3,(H,21,22,24). The lowest BCUT2D eigenvalue weighted by atomic mass is 9.95. The second-order valence-corrected chi connectivity index (χ2v) is 7.51. The molecule has 1 aromatic heterocycles. The van der Waals surface area contributed by atoms with Crippen molar-refractivity contribution in [2.75, 3.05) is 13.7 Å². The Bertz CT molecular complexity index is 840. The minimum atomic E-state index is -0.262. The van der Waals surface area contributed by atoms with E-state index in [4.69, 9.17) is 4.74 Å². The van der Waals surface area contributed by atoms with E-state index in [0.29, 0.717) is 42.2 Å². The molecule has 0 bridgehead atoms. The molecule has 1 N–H and O–H groups in total. The predicted molar refractivity (Wildman–Crippen MR) is 94.3 cm³/mol. The van der Waals surface area contributed by atoms with Crippen LogP contribution in [0.5, 0.6) is 5.75 Å². The average Bonchev–Trinajstić information content (AvgIpc) is 2.56.